The zero-order valence-electron chi connectivity index (χ0n) is 18.7. The van der Waals surface area contributed by atoms with Crippen molar-refractivity contribution in [3.63, 3.8) is 0 Å². The van der Waals surface area contributed by atoms with Crippen LogP contribution in [0.3, 0.4) is 0 Å². The molecule has 0 spiro atoms. The highest BCUT2D eigenvalue weighted by Gasteiger charge is 2.33. The van der Waals surface area contributed by atoms with Crippen LogP contribution in [-0.2, 0) is 4.79 Å². The van der Waals surface area contributed by atoms with Crippen molar-refractivity contribution in [2.24, 2.45) is 0 Å². The van der Waals surface area contributed by atoms with Crippen molar-refractivity contribution < 1.29 is 23.7 Å². The number of carbonyl (C=O) groups is 1. The van der Waals surface area contributed by atoms with Crippen molar-refractivity contribution in [2.75, 3.05) is 32.3 Å². The molecule has 1 heterocycles. The number of nitrogens with zero attached hydrogens (tertiary/aromatic N) is 1. The van der Waals surface area contributed by atoms with Crippen molar-refractivity contribution >= 4 is 46.0 Å². The Morgan fingerprint density at radius 1 is 0.824 bits per heavy atom. The number of carbonyl (C=O) groups excluding carboxylic acids is 1. The van der Waals surface area contributed by atoms with Gasteiger partial charge in [0.05, 0.1) is 24.8 Å². The van der Waals surface area contributed by atoms with Gasteiger partial charge in [0.15, 0.2) is 27.3 Å². The molecule has 3 aromatic rings. The molecular weight excluding hydrogens is 470 g/mol. The standard InChI is InChI=1S/C26H23NO5S2/c1-29-20-10-6-7-11-21(20)31-14-15-32-22-13-12-18(16-23(22)30-2)17-24-25(28)27(26(33)34-24)19-8-4-3-5-9-19/h3-13,16-17H,14-15H2,1-2H3. The van der Waals surface area contributed by atoms with E-state index >= 15 is 0 Å². The van der Waals surface area contributed by atoms with Crippen molar-refractivity contribution in [3.8, 4) is 23.0 Å². The number of para-hydroxylation sites is 3. The average molecular weight is 494 g/mol. The molecule has 1 aliphatic rings. The molecule has 3 aromatic carbocycles. The first-order valence-corrected chi connectivity index (χ1v) is 11.7. The van der Waals surface area contributed by atoms with Crippen LogP contribution in [-0.4, -0.2) is 37.7 Å². The number of thiocarbonyl (C=S) groups is 1. The molecule has 0 aromatic heterocycles. The Bertz CT molecular complexity index is 1210. The minimum atomic E-state index is -0.144. The summed E-state index contributed by atoms with van der Waals surface area (Å²) in [6, 6.07) is 22.3. The fraction of sp³-hybridized carbons (Fsp3) is 0.154. The molecule has 0 aliphatic carbocycles. The van der Waals surface area contributed by atoms with Gasteiger partial charge in [-0.05, 0) is 48.0 Å². The summed E-state index contributed by atoms with van der Waals surface area (Å²) in [5.41, 5.74) is 1.56. The van der Waals surface area contributed by atoms with E-state index in [2.05, 4.69) is 0 Å². The fourth-order valence-corrected chi connectivity index (χ4v) is 4.65. The summed E-state index contributed by atoms with van der Waals surface area (Å²) in [6.45, 7) is 0.663. The molecule has 1 saturated heterocycles. The predicted octanol–water partition coefficient (Wildman–Crippen LogP) is 5.57. The number of hydrogen-bond acceptors (Lipinski definition) is 7. The summed E-state index contributed by atoms with van der Waals surface area (Å²) >= 11 is 6.71. The molecule has 0 atom stereocenters. The van der Waals surface area contributed by atoms with Crippen LogP contribution < -0.4 is 23.8 Å². The maximum absolute atomic E-state index is 12.9. The molecule has 0 unspecified atom stereocenters. The highest BCUT2D eigenvalue weighted by Crippen LogP contribution is 2.37. The Balaban J connectivity index is 1.41. The zero-order chi connectivity index (χ0) is 23.9. The SMILES string of the molecule is COc1ccccc1OCCOc1ccc(C=C2SC(=S)N(c3ccccc3)C2=O)cc1OC. The van der Waals surface area contributed by atoms with E-state index in [1.807, 2.05) is 72.8 Å². The number of benzene rings is 3. The molecule has 1 amide bonds. The van der Waals surface area contributed by atoms with Gasteiger partial charge in [0.1, 0.15) is 13.2 Å². The minimum Gasteiger partial charge on any atom is -0.493 e. The quantitative estimate of drug-likeness (QED) is 0.219. The lowest BCUT2D eigenvalue weighted by Gasteiger charge is -2.14. The molecular formula is C26H23NO5S2. The van der Waals surface area contributed by atoms with Crippen LogP contribution in [0, 0.1) is 0 Å². The third-order valence-electron chi connectivity index (χ3n) is 4.96. The molecule has 0 saturated carbocycles. The van der Waals surface area contributed by atoms with Crippen molar-refractivity contribution in [1.29, 1.82) is 0 Å². The van der Waals surface area contributed by atoms with Crippen molar-refractivity contribution in [1.82, 2.24) is 0 Å². The molecule has 1 aliphatic heterocycles. The first-order valence-electron chi connectivity index (χ1n) is 10.5. The van der Waals surface area contributed by atoms with Crippen LogP contribution in [0.1, 0.15) is 5.56 Å². The Hall–Kier alpha value is -3.49. The lowest BCUT2D eigenvalue weighted by atomic mass is 10.2. The van der Waals surface area contributed by atoms with E-state index in [4.69, 9.17) is 31.2 Å². The second-order valence-corrected chi connectivity index (χ2v) is 8.79. The lowest BCUT2D eigenvalue weighted by molar-refractivity contribution is -0.113. The fourth-order valence-electron chi connectivity index (χ4n) is 3.35. The maximum atomic E-state index is 12.9. The zero-order valence-corrected chi connectivity index (χ0v) is 20.4. The number of thioether (sulfide) groups is 1. The van der Waals surface area contributed by atoms with E-state index in [0.717, 1.165) is 11.3 Å². The third kappa shape index (κ3) is 5.35. The van der Waals surface area contributed by atoms with Crippen molar-refractivity contribution in [2.45, 2.75) is 0 Å². The third-order valence-corrected chi connectivity index (χ3v) is 6.26. The highest BCUT2D eigenvalue weighted by atomic mass is 32.2. The summed E-state index contributed by atoms with van der Waals surface area (Å²) < 4.78 is 22.9. The smallest absolute Gasteiger partial charge is 0.270 e. The number of hydrogen-bond donors (Lipinski definition) is 0. The predicted molar refractivity (Wildman–Crippen MR) is 139 cm³/mol. The Morgan fingerprint density at radius 3 is 2.12 bits per heavy atom. The summed E-state index contributed by atoms with van der Waals surface area (Å²) in [5, 5.41) is 0. The van der Waals surface area contributed by atoms with Gasteiger partial charge in [-0.3, -0.25) is 9.69 Å². The Morgan fingerprint density at radius 2 is 1.44 bits per heavy atom. The van der Waals surface area contributed by atoms with E-state index in [-0.39, 0.29) is 5.91 Å². The van der Waals surface area contributed by atoms with Gasteiger partial charge in [-0.2, -0.15) is 0 Å². The van der Waals surface area contributed by atoms with Crippen LogP contribution in [0.2, 0.25) is 0 Å². The van der Waals surface area contributed by atoms with E-state index in [1.54, 1.807) is 25.2 Å². The molecule has 174 valence electrons. The highest BCUT2D eigenvalue weighted by molar-refractivity contribution is 8.27. The summed E-state index contributed by atoms with van der Waals surface area (Å²) in [4.78, 5) is 15.0. The largest absolute Gasteiger partial charge is 0.493 e. The number of anilines is 1. The van der Waals surface area contributed by atoms with Gasteiger partial charge in [0, 0.05) is 0 Å². The summed E-state index contributed by atoms with van der Waals surface area (Å²) in [7, 11) is 3.18. The van der Waals surface area contributed by atoms with Gasteiger partial charge in [-0.1, -0.05) is 60.4 Å². The second-order valence-electron chi connectivity index (χ2n) is 7.11. The van der Waals surface area contributed by atoms with Gasteiger partial charge in [0.25, 0.3) is 5.91 Å². The monoisotopic (exact) mass is 493 g/mol. The molecule has 0 bridgehead atoms. The topological polar surface area (TPSA) is 57.2 Å². The molecule has 0 N–H and O–H groups in total. The van der Waals surface area contributed by atoms with Crippen molar-refractivity contribution in [3.05, 3.63) is 83.3 Å². The Labute approximate surface area is 208 Å². The van der Waals surface area contributed by atoms with Gasteiger partial charge >= 0.3 is 0 Å². The molecule has 1 fully saturated rings. The van der Waals surface area contributed by atoms with E-state index in [9.17, 15) is 4.79 Å². The molecule has 8 heteroatoms. The number of ether oxygens (including phenoxy) is 4. The second kappa shape index (κ2) is 11.1. The lowest BCUT2D eigenvalue weighted by Crippen LogP contribution is -2.27. The van der Waals surface area contributed by atoms with Gasteiger partial charge in [-0.25, -0.2) is 0 Å². The van der Waals surface area contributed by atoms with Gasteiger partial charge < -0.3 is 18.9 Å². The van der Waals surface area contributed by atoms with Crippen LogP contribution in [0.15, 0.2) is 77.7 Å². The average Bonchev–Trinajstić information content (AvgIpc) is 3.15. The molecule has 6 nitrogen and oxygen atoms in total. The summed E-state index contributed by atoms with van der Waals surface area (Å²) in [5.74, 6) is 2.32. The van der Waals surface area contributed by atoms with Gasteiger partial charge in [0.2, 0.25) is 0 Å². The first-order chi connectivity index (χ1) is 16.6. The van der Waals surface area contributed by atoms with E-state index < -0.39 is 0 Å². The van der Waals surface area contributed by atoms with Crippen LogP contribution in [0.4, 0.5) is 5.69 Å². The first kappa shape index (κ1) is 23.7. The van der Waals surface area contributed by atoms with E-state index in [1.165, 1.54) is 11.8 Å². The van der Waals surface area contributed by atoms with E-state index in [0.29, 0.717) is 45.4 Å². The molecule has 0 radical (unpaired) electrons. The number of rotatable bonds is 9. The Kier molecular flexibility index (Phi) is 7.72. The van der Waals surface area contributed by atoms with Crippen LogP contribution in [0.25, 0.3) is 6.08 Å². The van der Waals surface area contributed by atoms with Gasteiger partial charge in [-0.15, -0.1) is 0 Å². The number of methoxy groups -OCH3 is 2. The van der Waals surface area contributed by atoms with Crippen LogP contribution >= 0.6 is 24.0 Å². The maximum Gasteiger partial charge on any atom is 0.270 e. The normalized spacial score (nSPS) is 14.4. The van der Waals surface area contributed by atoms with Crippen LogP contribution in [0.5, 0.6) is 23.0 Å². The minimum absolute atomic E-state index is 0.144. The number of amides is 1. The molecule has 4 rings (SSSR count). The molecule has 34 heavy (non-hydrogen) atoms. The summed E-state index contributed by atoms with van der Waals surface area (Å²) in [6.07, 6.45) is 1.80.